The summed E-state index contributed by atoms with van der Waals surface area (Å²) >= 11 is 6.95. The average molecular weight is 788 g/mol. The highest BCUT2D eigenvalue weighted by molar-refractivity contribution is 9.09. The van der Waals surface area contributed by atoms with Crippen molar-refractivity contribution in [1.82, 2.24) is 24.2 Å². The molecule has 0 unspecified atom stereocenters. The van der Waals surface area contributed by atoms with E-state index in [-0.39, 0.29) is 41.9 Å². The van der Waals surface area contributed by atoms with E-state index in [0.29, 0.717) is 22.6 Å². The molecule has 4 aromatic rings. The summed E-state index contributed by atoms with van der Waals surface area (Å²) in [6.45, 7) is 1.87. The Balaban J connectivity index is 1.37. The maximum Gasteiger partial charge on any atom is 0.273 e. The molecule has 4 amide bonds. The van der Waals surface area contributed by atoms with Crippen LogP contribution >= 0.6 is 31.9 Å². The van der Waals surface area contributed by atoms with Crippen molar-refractivity contribution in [3.05, 3.63) is 77.5 Å². The van der Waals surface area contributed by atoms with Crippen molar-refractivity contribution in [2.75, 3.05) is 51.1 Å². The van der Waals surface area contributed by atoms with Crippen LogP contribution in [-0.2, 0) is 21.1 Å². The van der Waals surface area contributed by atoms with Gasteiger partial charge in [-0.25, -0.2) is 0 Å². The topological polar surface area (TPSA) is 197 Å². The van der Waals surface area contributed by atoms with Crippen LogP contribution in [0.15, 0.2) is 54.9 Å². The highest BCUT2D eigenvalue weighted by Gasteiger charge is 2.20. The monoisotopic (exact) mass is 785 g/mol. The number of benzene rings is 1. The summed E-state index contributed by atoms with van der Waals surface area (Å²) in [7, 11) is 4.91. The first-order valence-electron chi connectivity index (χ1n) is 14.8. The number of carbonyl (C=O) groups excluding carboxylic acids is 4. The quantitative estimate of drug-likeness (QED) is 0.0602. The van der Waals surface area contributed by atoms with Crippen LogP contribution in [0.4, 0.5) is 22.9 Å². The smallest absolute Gasteiger partial charge is 0.273 e. The van der Waals surface area contributed by atoms with Crippen molar-refractivity contribution < 1.29 is 19.2 Å². The first-order chi connectivity index (χ1) is 22.9. The van der Waals surface area contributed by atoms with Crippen LogP contribution in [0.2, 0.25) is 0 Å². The molecule has 0 saturated carbocycles. The van der Waals surface area contributed by atoms with E-state index in [1.165, 1.54) is 16.8 Å². The summed E-state index contributed by atoms with van der Waals surface area (Å²) in [4.78, 5) is 53.8. The van der Waals surface area contributed by atoms with Gasteiger partial charge in [-0.15, -0.1) is 0 Å². The van der Waals surface area contributed by atoms with Crippen LogP contribution in [0.5, 0.6) is 0 Å². The second-order valence-corrected chi connectivity index (χ2v) is 12.4. The molecule has 0 aliphatic rings. The molecule has 0 bridgehead atoms. The van der Waals surface area contributed by atoms with Crippen molar-refractivity contribution in [3.63, 3.8) is 0 Å². The normalized spacial score (nSPS) is 10.8. The number of nitrogens with one attached hydrogen (secondary N) is 5. The number of nitrogens with two attached hydrogens (primary N) is 1. The molecule has 0 atom stereocenters. The molecule has 4 rings (SSSR count). The largest absolute Gasteiger partial charge is 0.388 e. The molecule has 48 heavy (non-hydrogen) atoms. The lowest BCUT2D eigenvalue weighted by atomic mass is 10.1. The standard InChI is InChI=1S/C31H37Br2N11O4/c1-41-17-20(37-28(45)19-4-6-22(7-5-19)44(12-9-32)13-10-33)14-23(41)30(47)38-21-15-24(42(2)18-21)31(48)39-27-16-25(43(3)40-27)29(46)36-11-8-26(34)35/h4-7,14-18H,8-13H2,1-3H3,(H3,34,35)(H,36,46)(H,37,45)(H,38,47)(H,39,40,48). The van der Waals surface area contributed by atoms with Gasteiger partial charge in [-0.2, -0.15) is 5.10 Å². The number of amides is 4. The lowest BCUT2D eigenvalue weighted by Gasteiger charge is -2.23. The predicted molar refractivity (Wildman–Crippen MR) is 193 cm³/mol. The van der Waals surface area contributed by atoms with E-state index in [0.717, 1.165) is 29.4 Å². The first-order valence-corrected chi connectivity index (χ1v) is 17.0. The van der Waals surface area contributed by atoms with Crippen molar-refractivity contribution >= 4 is 84.2 Å². The van der Waals surface area contributed by atoms with Gasteiger partial charge in [0.2, 0.25) is 0 Å². The SMILES string of the molecule is Cn1cc(NC(=O)c2ccc(N(CCBr)CCBr)cc2)cc1C(=O)Nc1cc(C(=O)Nc2cc(C(=O)NCCC(=N)N)n(C)n2)n(C)c1. The molecule has 0 aliphatic heterocycles. The van der Waals surface area contributed by atoms with Crippen molar-refractivity contribution in [2.45, 2.75) is 6.42 Å². The van der Waals surface area contributed by atoms with Crippen LogP contribution in [0.25, 0.3) is 0 Å². The number of hydrogen-bond donors (Lipinski definition) is 6. The lowest BCUT2D eigenvalue weighted by Crippen LogP contribution is -2.29. The van der Waals surface area contributed by atoms with E-state index in [1.807, 2.05) is 12.1 Å². The van der Waals surface area contributed by atoms with E-state index in [9.17, 15) is 19.2 Å². The Labute approximate surface area is 294 Å². The fourth-order valence-electron chi connectivity index (χ4n) is 4.84. The Morgan fingerprint density at radius 3 is 1.88 bits per heavy atom. The van der Waals surface area contributed by atoms with Gasteiger partial charge >= 0.3 is 0 Å². The number of halogens is 2. The van der Waals surface area contributed by atoms with Crippen molar-refractivity contribution in [2.24, 2.45) is 26.9 Å². The van der Waals surface area contributed by atoms with Crippen LogP contribution in [0.1, 0.15) is 48.2 Å². The Kier molecular flexibility index (Phi) is 12.2. The minimum absolute atomic E-state index is 0.0415. The van der Waals surface area contributed by atoms with Gasteiger partial charge in [-0.3, -0.25) is 29.3 Å². The lowest BCUT2D eigenvalue weighted by molar-refractivity contribution is 0.0943. The summed E-state index contributed by atoms with van der Waals surface area (Å²) in [5.41, 5.74) is 8.38. The molecule has 17 heteroatoms. The van der Waals surface area contributed by atoms with Gasteiger partial charge in [0.05, 0.1) is 17.2 Å². The predicted octanol–water partition coefficient (Wildman–Crippen LogP) is 3.51. The number of anilines is 4. The van der Waals surface area contributed by atoms with Gasteiger partial charge in [0.15, 0.2) is 5.82 Å². The number of aryl methyl sites for hydroxylation is 3. The van der Waals surface area contributed by atoms with Crippen molar-refractivity contribution in [3.8, 4) is 0 Å². The fourth-order valence-corrected chi connectivity index (χ4v) is 5.69. The Morgan fingerprint density at radius 2 is 1.33 bits per heavy atom. The van der Waals surface area contributed by atoms with Gasteiger partial charge in [0.25, 0.3) is 23.6 Å². The van der Waals surface area contributed by atoms with Gasteiger partial charge in [-0.05, 0) is 36.4 Å². The molecule has 15 nitrogen and oxygen atoms in total. The van der Waals surface area contributed by atoms with E-state index in [1.54, 1.807) is 60.9 Å². The Morgan fingerprint density at radius 1 is 0.792 bits per heavy atom. The number of amidine groups is 1. The maximum atomic E-state index is 13.2. The summed E-state index contributed by atoms with van der Waals surface area (Å²) in [5, 5.41) is 24.0. The zero-order valence-corrected chi connectivity index (χ0v) is 29.8. The van der Waals surface area contributed by atoms with E-state index >= 15 is 0 Å². The van der Waals surface area contributed by atoms with Gasteiger partial charge in [0, 0.05) is 87.6 Å². The Hall–Kier alpha value is -4.90. The molecule has 7 N–H and O–H groups in total. The van der Waals surface area contributed by atoms with Crippen LogP contribution in [0, 0.1) is 5.41 Å². The number of hydrogen-bond acceptors (Lipinski definition) is 7. The summed E-state index contributed by atoms with van der Waals surface area (Å²) in [6, 6.07) is 11.9. The zero-order chi connectivity index (χ0) is 35.0. The van der Waals surface area contributed by atoms with E-state index in [4.69, 9.17) is 11.1 Å². The summed E-state index contributed by atoms with van der Waals surface area (Å²) in [5.74, 6) is -1.56. The summed E-state index contributed by atoms with van der Waals surface area (Å²) in [6.07, 6.45) is 3.45. The van der Waals surface area contributed by atoms with Gasteiger partial charge in [0.1, 0.15) is 17.1 Å². The second kappa shape index (κ2) is 16.3. The molecule has 3 aromatic heterocycles. The first kappa shape index (κ1) is 35.9. The number of nitrogens with zero attached hydrogens (tertiary/aromatic N) is 5. The third-order valence-corrected chi connectivity index (χ3v) is 7.94. The molecule has 254 valence electrons. The molecule has 0 saturated heterocycles. The molecular weight excluding hydrogens is 750 g/mol. The molecule has 1 aromatic carbocycles. The molecule has 0 aliphatic carbocycles. The van der Waals surface area contributed by atoms with Crippen LogP contribution < -0.4 is 31.9 Å². The minimum atomic E-state index is -0.504. The molecule has 0 fully saturated rings. The third kappa shape index (κ3) is 9.13. The van der Waals surface area contributed by atoms with E-state index < -0.39 is 17.7 Å². The zero-order valence-electron chi connectivity index (χ0n) is 26.6. The molecule has 0 spiro atoms. The second-order valence-electron chi connectivity index (χ2n) is 10.8. The molecule has 0 radical (unpaired) electrons. The highest BCUT2D eigenvalue weighted by atomic mass is 79.9. The maximum absolute atomic E-state index is 13.2. The number of rotatable bonds is 15. The van der Waals surface area contributed by atoms with Gasteiger partial charge < -0.3 is 41.0 Å². The number of alkyl halides is 2. The fraction of sp³-hybridized carbons (Fsp3) is 0.290. The molecular formula is C31H37Br2N11O4. The van der Waals surface area contributed by atoms with Crippen molar-refractivity contribution in [1.29, 1.82) is 5.41 Å². The molecule has 3 heterocycles. The van der Waals surface area contributed by atoms with E-state index in [2.05, 4.69) is 63.1 Å². The minimum Gasteiger partial charge on any atom is -0.388 e. The number of aromatic nitrogens is 4. The van der Waals surface area contributed by atoms with Gasteiger partial charge in [-0.1, -0.05) is 31.9 Å². The highest BCUT2D eigenvalue weighted by Crippen LogP contribution is 2.21. The third-order valence-electron chi connectivity index (χ3n) is 7.23. The number of carbonyl (C=O) groups is 4. The van der Waals surface area contributed by atoms with Crippen LogP contribution in [0.3, 0.4) is 0 Å². The average Bonchev–Trinajstić information content (AvgIpc) is 3.71. The summed E-state index contributed by atoms with van der Waals surface area (Å²) < 4.78 is 4.47. The Bertz CT molecular complexity index is 1800. The van der Waals surface area contributed by atoms with Crippen LogP contribution in [-0.4, -0.2) is 78.7 Å².